The quantitative estimate of drug-likeness (QED) is 0.819. The van der Waals surface area contributed by atoms with Crippen LogP contribution in [-0.2, 0) is 16.1 Å². The van der Waals surface area contributed by atoms with Crippen LogP contribution in [-0.4, -0.2) is 40.3 Å². The second kappa shape index (κ2) is 8.11. The van der Waals surface area contributed by atoms with Gasteiger partial charge in [-0.2, -0.15) is 5.10 Å². The van der Waals surface area contributed by atoms with Crippen LogP contribution in [0.25, 0.3) is 0 Å². The lowest BCUT2D eigenvalue weighted by atomic mass is 10.0. The first-order valence-corrected chi connectivity index (χ1v) is 8.63. The minimum absolute atomic E-state index is 0.120. The number of carbonyl (C=O) groups excluding carboxylic acids is 1. The summed E-state index contributed by atoms with van der Waals surface area (Å²) >= 11 is 0. The van der Waals surface area contributed by atoms with E-state index in [0.717, 1.165) is 31.5 Å². The zero-order valence-electron chi connectivity index (χ0n) is 14.2. The van der Waals surface area contributed by atoms with Crippen LogP contribution in [0.15, 0.2) is 48.8 Å². The van der Waals surface area contributed by atoms with Gasteiger partial charge in [0.2, 0.25) is 5.91 Å². The van der Waals surface area contributed by atoms with E-state index in [1.54, 1.807) is 6.20 Å². The molecule has 0 N–H and O–H groups in total. The summed E-state index contributed by atoms with van der Waals surface area (Å²) in [6.45, 7) is 4.53. The van der Waals surface area contributed by atoms with Crippen LogP contribution < -0.4 is 0 Å². The van der Waals surface area contributed by atoms with Crippen molar-refractivity contribution >= 4 is 5.91 Å². The first-order valence-electron chi connectivity index (χ1n) is 8.63. The Morgan fingerprint density at radius 2 is 2.17 bits per heavy atom. The second-order valence-electron chi connectivity index (χ2n) is 6.47. The van der Waals surface area contributed by atoms with E-state index in [1.165, 1.54) is 0 Å². The van der Waals surface area contributed by atoms with Crippen molar-refractivity contribution < 1.29 is 9.53 Å². The predicted octanol–water partition coefficient (Wildman–Crippen LogP) is 2.90. The van der Waals surface area contributed by atoms with Gasteiger partial charge >= 0.3 is 0 Å². The Morgan fingerprint density at radius 1 is 1.33 bits per heavy atom. The van der Waals surface area contributed by atoms with E-state index < -0.39 is 0 Å². The van der Waals surface area contributed by atoms with Crippen molar-refractivity contribution in [3.63, 3.8) is 0 Å². The van der Waals surface area contributed by atoms with Crippen LogP contribution in [0.3, 0.4) is 0 Å². The molecule has 1 fully saturated rings. The number of amides is 1. The molecule has 1 aliphatic rings. The Labute approximate surface area is 143 Å². The molecule has 1 aromatic carbocycles. The predicted molar refractivity (Wildman–Crippen MR) is 92.3 cm³/mol. The summed E-state index contributed by atoms with van der Waals surface area (Å²) < 4.78 is 7.70. The van der Waals surface area contributed by atoms with Gasteiger partial charge in [-0.25, -0.2) is 0 Å². The number of nitrogens with zero attached hydrogens (tertiary/aromatic N) is 3. The molecule has 0 aliphatic carbocycles. The van der Waals surface area contributed by atoms with Crippen molar-refractivity contribution in [3.05, 3.63) is 54.4 Å². The Hall–Kier alpha value is -2.14. The molecule has 1 amide bonds. The lowest BCUT2D eigenvalue weighted by molar-refractivity contribution is -0.138. The normalized spacial score (nSPS) is 19.2. The van der Waals surface area contributed by atoms with Crippen LogP contribution in [0, 0.1) is 5.92 Å². The molecule has 1 aromatic heterocycles. The van der Waals surface area contributed by atoms with Gasteiger partial charge in [0.25, 0.3) is 0 Å². The standard InChI is InChI=1S/C19H25N3O2/c1-16(14-24-15-17-7-3-2-4-8-17)19(23)21-11-5-9-18(13-21)22-12-6-10-20-22/h2-4,6-8,10,12,16,18H,5,9,11,13-15H2,1H3/t16-,18+/m0/s1. The topological polar surface area (TPSA) is 47.4 Å². The highest BCUT2D eigenvalue weighted by Gasteiger charge is 2.27. The summed E-state index contributed by atoms with van der Waals surface area (Å²) in [5, 5.41) is 4.32. The first-order chi connectivity index (χ1) is 11.7. The molecule has 2 aromatic rings. The van der Waals surface area contributed by atoms with Crippen LogP contribution in [0.1, 0.15) is 31.4 Å². The van der Waals surface area contributed by atoms with E-state index >= 15 is 0 Å². The highest BCUT2D eigenvalue weighted by molar-refractivity contribution is 5.78. The van der Waals surface area contributed by atoms with Gasteiger partial charge in [-0.15, -0.1) is 0 Å². The number of hydrogen-bond acceptors (Lipinski definition) is 3. The van der Waals surface area contributed by atoms with Gasteiger partial charge in [-0.05, 0) is 24.5 Å². The van der Waals surface area contributed by atoms with E-state index in [0.29, 0.717) is 13.2 Å². The molecule has 0 bridgehead atoms. The third-order valence-electron chi connectivity index (χ3n) is 4.51. The minimum Gasteiger partial charge on any atom is -0.376 e. The van der Waals surface area contributed by atoms with Crippen molar-refractivity contribution in [2.75, 3.05) is 19.7 Å². The molecule has 5 nitrogen and oxygen atoms in total. The number of rotatable bonds is 6. The highest BCUT2D eigenvalue weighted by Crippen LogP contribution is 2.22. The summed E-state index contributed by atoms with van der Waals surface area (Å²) in [6, 6.07) is 12.3. The summed E-state index contributed by atoms with van der Waals surface area (Å²) in [4.78, 5) is 14.6. The SMILES string of the molecule is C[C@@H](COCc1ccccc1)C(=O)N1CCC[C@@H](n2cccn2)C1. The fourth-order valence-electron chi connectivity index (χ4n) is 3.18. The number of piperidine rings is 1. The summed E-state index contributed by atoms with van der Waals surface area (Å²) in [7, 11) is 0. The molecule has 0 unspecified atom stereocenters. The number of aromatic nitrogens is 2. The smallest absolute Gasteiger partial charge is 0.227 e. The molecule has 3 rings (SSSR count). The Morgan fingerprint density at radius 3 is 2.92 bits per heavy atom. The molecular weight excluding hydrogens is 302 g/mol. The molecule has 0 saturated carbocycles. The van der Waals surface area contributed by atoms with Crippen LogP contribution in [0.5, 0.6) is 0 Å². The van der Waals surface area contributed by atoms with Crippen LogP contribution in [0.2, 0.25) is 0 Å². The highest BCUT2D eigenvalue weighted by atomic mass is 16.5. The van der Waals surface area contributed by atoms with Gasteiger partial charge in [0.1, 0.15) is 0 Å². The molecule has 24 heavy (non-hydrogen) atoms. The average molecular weight is 327 g/mol. The lowest BCUT2D eigenvalue weighted by Crippen LogP contribution is -2.44. The third kappa shape index (κ3) is 4.23. The Bertz CT molecular complexity index is 627. The fourth-order valence-corrected chi connectivity index (χ4v) is 3.18. The van der Waals surface area contributed by atoms with Gasteiger partial charge < -0.3 is 9.64 Å². The van der Waals surface area contributed by atoms with Crippen LogP contribution >= 0.6 is 0 Å². The van der Waals surface area contributed by atoms with Gasteiger partial charge in [0.05, 0.1) is 25.2 Å². The van der Waals surface area contributed by atoms with Crippen molar-refractivity contribution in [2.24, 2.45) is 5.92 Å². The zero-order valence-corrected chi connectivity index (χ0v) is 14.2. The number of hydrogen-bond donors (Lipinski definition) is 0. The van der Waals surface area contributed by atoms with E-state index in [2.05, 4.69) is 5.10 Å². The third-order valence-corrected chi connectivity index (χ3v) is 4.51. The minimum atomic E-state index is -0.120. The van der Waals surface area contributed by atoms with Crippen molar-refractivity contribution in [1.29, 1.82) is 0 Å². The molecular formula is C19H25N3O2. The molecule has 2 heterocycles. The number of likely N-dealkylation sites (tertiary alicyclic amines) is 1. The fraction of sp³-hybridized carbons (Fsp3) is 0.474. The molecule has 1 aliphatic heterocycles. The van der Waals surface area contributed by atoms with Crippen molar-refractivity contribution in [2.45, 2.75) is 32.4 Å². The molecule has 5 heteroatoms. The number of ether oxygens (including phenoxy) is 1. The Balaban J connectivity index is 1.48. The van der Waals surface area contributed by atoms with E-state index in [-0.39, 0.29) is 17.9 Å². The van der Waals surface area contributed by atoms with Gasteiger partial charge in [-0.1, -0.05) is 37.3 Å². The van der Waals surface area contributed by atoms with Crippen molar-refractivity contribution in [3.8, 4) is 0 Å². The van der Waals surface area contributed by atoms with E-state index in [1.807, 2.05) is 59.1 Å². The molecule has 0 radical (unpaired) electrons. The summed E-state index contributed by atoms with van der Waals surface area (Å²) in [5.41, 5.74) is 1.13. The second-order valence-corrected chi connectivity index (χ2v) is 6.47. The summed E-state index contributed by atoms with van der Waals surface area (Å²) in [6.07, 6.45) is 5.87. The Kier molecular flexibility index (Phi) is 5.64. The van der Waals surface area contributed by atoms with E-state index in [4.69, 9.17) is 4.74 Å². The molecule has 2 atom stereocenters. The van der Waals surface area contributed by atoms with Gasteiger partial charge in [0.15, 0.2) is 0 Å². The van der Waals surface area contributed by atoms with Crippen molar-refractivity contribution in [1.82, 2.24) is 14.7 Å². The average Bonchev–Trinajstić information content (AvgIpc) is 3.17. The van der Waals surface area contributed by atoms with Gasteiger partial charge in [0, 0.05) is 25.5 Å². The molecule has 1 saturated heterocycles. The number of benzene rings is 1. The zero-order chi connectivity index (χ0) is 16.8. The first kappa shape index (κ1) is 16.7. The number of carbonyl (C=O) groups is 1. The maximum atomic E-state index is 12.7. The van der Waals surface area contributed by atoms with E-state index in [9.17, 15) is 4.79 Å². The maximum absolute atomic E-state index is 12.7. The van der Waals surface area contributed by atoms with Gasteiger partial charge in [-0.3, -0.25) is 9.48 Å². The maximum Gasteiger partial charge on any atom is 0.227 e. The molecule has 128 valence electrons. The summed E-state index contributed by atoms with van der Waals surface area (Å²) in [5.74, 6) is 0.0602. The largest absolute Gasteiger partial charge is 0.376 e. The monoisotopic (exact) mass is 327 g/mol. The lowest BCUT2D eigenvalue weighted by Gasteiger charge is -2.34. The van der Waals surface area contributed by atoms with Crippen LogP contribution in [0.4, 0.5) is 0 Å². The molecule has 0 spiro atoms.